The molecular weight excluding hydrogens is 206 g/mol. The van der Waals surface area contributed by atoms with Gasteiger partial charge in [-0.15, -0.1) is 11.3 Å². The van der Waals surface area contributed by atoms with Crippen LogP contribution in [-0.4, -0.2) is 15.0 Å². The normalized spacial score (nSPS) is 9.47. The smallest absolute Gasteiger partial charge is 0.141 e. The molecule has 2 rings (SSSR count). The summed E-state index contributed by atoms with van der Waals surface area (Å²) in [5, 5.41) is 2.92. The van der Waals surface area contributed by atoms with Crippen LogP contribution in [0.4, 0.5) is 0 Å². The van der Waals surface area contributed by atoms with E-state index in [9.17, 15) is 0 Å². The Balaban J connectivity index is 0.000000195. The molecule has 2 aromatic heterocycles. The summed E-state index contributed by atoms with van der Waals surface area (Å²) in [6.45, 7) is 4.42. The van der Waals surface area contributed by atoms with Gasteiger partial charge in [0.05, 0.1) is 18.2 Å². The molecule has 3 nitrogen and oxygen atoms in total. The minimum atomic E-state index is 0.981. The van der Waals surface area contributed by atoms with Gasteiger partial charge < -0.3 is 4.98 Å². The highest BCUT2D eigenvalue weighted by atomic mass is 32.1. The maximum absolute atomic E-state index is 4.11. The Morgan fingerprint density at radius 2 is 2.13 bits per heavy atom. The Morgan fingerprint density at radius 3 is 2.53 bits per heavy atom. The maximum Gasteiger partial charge on any atom is 0.141 e. The Morgan fingerprint density at radius 1 is 1.33 bits per heavy atom. The molecule has 0 saturated heterocycles. The molecule has 0 unspecified atom stereocenters. The lowest BCUT2D eigenvalue weighted by Crippen LogP contribution is -1.71. The fourth-order valence-electron chi connectivity index (χ4n) is 1.08. The molecule has 0 aliphatic carbocycles. The molecular formula is C11H17N3S. The highest BCUT2D eigenvalue weighted by Crippen LogP contribution is 2.17. The molecule has 15 heavy (non-hydrogen) atoms. The average molecular weight is 223 g/mol. The number of aromatic amines is 1. The number of aromatic nitrogens is 3. The van der Waals surface area contributed by atoms with Gasteiger partial charge in [-0.05, 0) is 0 Å². The Kier molecular flexibility index (Phi) is 5.70. The van der Waals surface area contributed by atoms with Gasteiger partial charge >= 0.3 is 0 Å². The molecule has 0 aliphatic heterocycles. The number of thiazole rings is 1. The monoisotopic (exact) mass is 223 g/mol. The number of H-pyrrole nitrogens is 1. The summed E-state index contributed by atoms with van der Waals surface area (Å²) >= 11 is 1.60. The third kappa shape index (κ3) is 4.25. The number of hydrogen-bond acceptors (Lipinski definition) is 3. The molecule has 0 spiro atoms. The maximum atomic E-state index is 4.11. The quantitative estimate of drug-likeness (QED) is 0.861. The Labute approximate surface area is 94.6 Å². The first-order valence-corrected chi connectivity index (χ1v) is 6.14. The lowest BCUT2D eigenvalue weighted by atomic mass is 10.3. The molecule has 0 atom stereocenters. The van der Waals surface area contributed by atoms with Crippen molar-refractivity contribution in [2.45, 2.75) is 33.1 Å². The Hall–Kier alpha value is -1.16. The summed E-state index contributed by atoms with van der Waals surface area (Å²) in [7, 11) is 0. The molecule has 0 aromatic carbocycles. The molecule has 82 valence electrons. The summed E-state index contributed by atoms with van der Waals surface area (Å²) in [5.74, 6) is 0. The van der Waals surface area contributed by atoms with Gasteiger partial charge in [-0.3, -0.25) is 0 Å². The number of imidazole rings is 1. The minimum Gasteiger partial charge on any atom is -0.343 e. The van der Waals surface area contributed by atoms with Crippen LogP contribution in [0.25, 0.3) is 10.7 Å². The zero-order valence-electron chi connectivity index (χ0n) is 9.23. The molecule has 0 amide bonds. The van der Waals surface area contributed by atoms with Crippen LogP contribution in [0.3, 0.4) is 0 Å². The van der Waals surface area contributed by atoms with E-state index in [1.807, 2.05) is 5.38 Å². The standard InChI is InChI=1S/C6H5N3S.C5H12/c1-2-10-6(8-1)5-3-7-4-9-5;1-3-5-4-2/h1-4H,(H,7,9);3-5H2,1-2H3. The van der Waals surface area contributed by atoms with Gasteiger partial charge in [-0.1, -0.05) is 33.1 Å². The molecule has 0 fully saturated rings. The molecule has 0 bridgehead atoms. The largest absolute Gasteiger partial charge is 0.343 e. The molecule has 0 saturated carbocycles. The van der Waals surface area contributed by atoms with E-state index < -0.39 is 0 Å². The average Bonchev–Trinajstić information content (AvgIpc) is 2.93. The van der Waals surface area contributed by atoms with Gasteiger partial charge in [0, 0.05) is 11.6 Å². The second-order valence-electron chi connectivity index (χ2n) is 3.16. The van der Waals surface area contributed by atoms with Crippen molar-refractivity contribution in [3.05, 3.63) is 24.1 Å². The predicted molar refractivity (Wildman–Crippen MR) is 64.9 cm³/mol. The Bertz CT molecular complexity index is 292. The SMILES string of the molecule is CCCCC.c1csc(-c2cnc[nH]2)n1. The van der Waals surface area contributed by atoms with Crippen molar-refractivity contribution in [1.82, 2.24) is 15.0 Å². The van der Waals surface area contributed by atoms with Crippen LogP contribution in [0.2, 0.25) is 0 Å². The highest BCUT2D eigenvalue weighted by molar-refractivity contribution is 7.13. The van der Waals surface area contributed by atoms with Gasteiger partial charge in [-0.2, -0.15) is 0 Å². The van der Waals surface area contributed by atoms with Crippen molar-refractivity contribution >= 4 is 11.3 Å². The van der Waals surface area contributed by atoms with Gasteiger partial charge in [0.1, 0.15) is 5.01 Å². The first-order valence-electron chi connectivity index (χ1n) is 5.26. The summed E-state index contributed by atoms with van der Waals surface area (Å²) in [6.07, 6.45) is 9.27. The van der Waals surface area contributed by atoms with Crippen molar-refractivity contribution in [2.75, 3.05) is 0 Å². The van der Waals surface area contributed by atoms with Crippen LogP contribution < -0.4 is 0 Å². The number of unbranched alkanes of at least 4 members (excludes halogenated alkanes) is 2. The summed E-state index contributed by atoms with van der Waals surface area (Å²) in [6, 6.07) is 0. The summed E-state index contributed by atoms with van der Waals surface area (Å²) in [4.78, 5) is 11.0. The zero-order chi connectivity index (χ0) is 10.9. The van der Waals surface area contributed by atoms with Crippen molar-refractivity contribution < 1.29 is 0 Å². The van der Waals surface area contributed by atoms with E-state index in [0.717, 1.165) is 10.7 Å². The van der Waals surface area contributed by atoms with E-state index in [1.165, 1.54) is 19.3 Å². The van der Waals surface area contributed by atoms with E-state index in [-0.39, 0.29) is 0 Å². The lowest BCUT2D eigenvalue weighted by molar-refractivity contribution is 0.772. The number of nitrogens with one attached hydrogen (secondary N) is 1. The molecule has 0 aliphatic rings. The second kappa shape index (κ2) is 7.17. The molecule has 4 heteroatoms. The van der Waals surface area contributed by atoms with Crippen molar-refractivity contribution in [1.29, 1.82) is 0 Å². The fraction of sp³-hybridized carbons (Fsp3) is 0.455. The van der Waals surface area contributed by atoms with Crippen LogP contribution >= 0.6 is 11.3 Å². The molecule has 2 heterocycles. The van der Waals surface area contributed by atoms with Crippen LogP contribution in [0.15, 0.2) is 24.1 Å². The van der Waals surface area contributed by atoms with E-state index in [2.05, 4.69) is 28.8 Å². The summed E-state index contributed by atoms with van der Waals surface area (Å²) < 4.78 is 0. The predicted octanol–water partition coefficient (Wildman–Crippen LogP) is 3.73. The number of nitrogens with zero attached hydrogens (tertiary/aromatic N) is 2. The van der Waals surface area contributed by atoms with Gasteiger partial charge in [0.15, 0.2) is 0 Å². The van der Waals surface area contributed by atoms with Crippen molar-refractivity contribution in [2.24, 2.45) is 0 Å². The van der Waals surface area contributed by atoms with Gasteiger partial charge in [0.25, 0.3) is 0 Å². The second-order valence-corrected chi connectivity index (χ2v) is 4.05. The fourth-order valence-corrected chi connectivity index (χ4v) is 1.69. The number of hydrogen-bond donors (Lipinski definition) is 1. The van der Waals surface area contributed by atoms with Crippen molar-refractivity contribution in [3.8, 4) is 10.7 Å². The lowest BCUT2D eigenvalue weighted by Gasteiger charge is -1.83. The van der Waals surface area contributed by atoms with E-state index in [4.69, 9.17) is 0 Å². The van der Waals surface area contributed by atoms with E-state index in [0.29, 0.717) is 0 Å². The topological polar surface area (TPSA) is 41.6 Å². The van der Waals surface area contributed by atoms with Crippen LogP contribution in [0.1, 0.15) is 33.1 Å². The molecule has 2 aromatic rings. The third-order valence-corrected chi connectivity index (χ3v) is 2.67. The van der Waals surface area contributed by atoms with Gasteiger partial charge in [0.2, 0.25) is 0 Å². The first kappa shape index (κ1) is 11.9. The van der Waals surface area contributed by atoms with E-state index >= 15 is 0 Å². The van der Waals surface area contributed by atoms with Crippen LogP contribution in [0.5, 0.6) is 0 Å². The molecule has 1 N–H and O–H groups in total. The minimum absolute atomic E-state index is 0.981. The van der Waals surface area contributed by atoms with Crippen LogP contribution in [0, 0.1) is 0 Å². The van der Waals surface area contributed by atoms with Gasteiger partial charge in [-0.25, -0.2) is 9.97 Å². The van der Waals surface area contributed by atoms with Crippen molar-refractivity contribution in [3.63, 3.8) is 0 Å². The third-order valence-electron chi connectivity index (χ3n) is 1.87. The summed E-state index contributed by atoms with van der Waals surface area (Å²) in [5.41, 5.74) is 0.981. The molecule has 0 radical (unpaired) electrons. The van der Waals surface area contributed by atoms with Crippen LogP contribution in [-0.2, 0) is 0 Å². The van der Waals surface area contributed by atoms with E-state index in [1.54, 1.807) is 30.1 Å². The number of rotatable bonds is 3. The highest BCUT2D eigenvalue weighted by Gasteiger charge is 1.98. The zero-order valence-corrected chi connectivity index (χ0v) is 10.0. The first-order chi connectivity index (χ1) is 7.38.